The molecule has 2 aromatic heterocycles. The zero-order valence-corrected chi connectivity index (χ0v) is 18.4. The Balaban J connectivity index is 1.78. The van der Waals surface area contributed by atoms with Gasteiger partial charge in [-0.1, -0.05) is 32.0 Å². The molecule has 2 atom stereocenters. The van der Waals surface area contributed by atoms with Gasteiger partial charge in [0.1, 0.15) is 0 Å². The Morgan fingerprint density at radius 1 is 1.20 bits per heavy atom. The van der Waals surface area contributed by atoms with Crippen molar-refractivity contribution in [1.82, 2.24) is 20.2 Å². The summed E-state index contributed by atoms with van der Waals surface area (Å²) in [6.45, 7) is 9.23. The highest BCUT2D eigenvalue weighted by molar-refractivity contribution is 5.90. The van der Waals surface area contributed by atoms with E-state index >= 15 is 0 Å². The third-order valence-corrected chi connectivity index (χ3v) is 5.73. The second-order valence-corrected chi connectivity index (χ2v) is 9.11. The molecule has 0 saturated carbocycles. The molecule has 5 nitrogen and oxygen atoms in total. The quantitative estimate of drug-likeness (QED) is 0.647. The monoisotopic (exact) mass is 404 g/mol. The van der Waals surface area contributed by atoms with Gasteiger partial charge in [-0.15, -0.1) is 0 Å². The number of aromatic nitrogens is 2. The molecule has 0 spiro atoms. The highest BCUT2D eigenvalue weighted by atomic mass is 16.2. The van der Waals surface area contributed by atoms with Crippen LogP contribution < -0.4 is 10.6 Å². The Morgan fingerprint density at radius 2 is 2.03 bits per heavy atom. The smallest absolute Gasteiger partial charge is 0.237 e. The van der Waals surface area contributed by atoms with Crippen LogP contribution in [-0.4, -0.2) is 27.5 Å². The molecule has 0 aliphatic carbocycles. The molecule has 4 rings (SSSR count). The summed E-state index contributed by atoms with van der Waals surface area (Å²) in [6, 6.07) is 12.6. The van der Waals surface area contributed by atoms with Gasteiger partial charge in [-0.05, 0) is 61.9 Å². The molecule has 1 aromatic carbocycles. The summed E-state index contributed by atoms with van der Waals surface area (Å²) in [5.74, 6) is 0.612. The molecule has 2 N–H and O–H groups in total. The van der Waals surface area contributed by atoms with Gasteiger partial charge in [-0.25, -0.2) is 0 Å². The van der Waals surface area contributed by atoms with Crippen molar-refractivity contribution in [3.63, 3.8) is 0 Å². The van der Waals surface area contributed by atoms with Crippen LogP contribution in [0, 0.1) is 5.92 Å². The van der Waals surface area contributed by atoms with Gasteiger partial charge in [-0.2, -0.15) is 0 Å². The van der Waals surface area contributed by atoms with E-state index in [-0.39, 0.29) is 24.0 Å². The Bertz CT molecular complexity index is 1020. The van der Waals surface area contributed by atoms with Crippen LogP contribution >= 0.6 is 0 Å². The zero-order valence-electron chi connectivity index (χ0n) is 18.4. The lowest BCUT2D eigenvalue weighted by Gasteiger charge is -2.26. The Morgan fingerprint density at radius 3 is 2.73 bits per heavy atom. The molecule has 1 aliphatic heterocycles. The predicted molar refractivity (Wildman–Crippen MR) is 121 cm³/mol. The summed E-state index contributed by atoms with van der Waals surface area (Å²) in [5, 5.41) is 8.08. The van der Waals surface area contributed by atoms with Crippen LogP contribution in [0.15, 0.2) is 48.8 Å². The molecule has 0 fully saturated rings. The molecule has 0 saturated heterocycles. The van der Waals surface area contributed by atoms with Crippen LogP contribution in [-0.2, 0) is 17.8 Å². The summed E-state index contributed by atoms with van der Waals surface area (Å²) < 4.78 is 2.28. The van der Waals surface area contributed by atoms with Crippen molar-refractivity contribution in [2.45, 2.75) is 65.2 Å². The lowest BCUT2D eigenvalue weighted by atomic mass is 9.94. The highest BCUT2D eigenvalue weighted by Crippen LogP contribution is 2.36. The first-order chi connectivity index (χ1) is 14.4. The van der Waals surface area contributed by atoms with Crippen molar-refractivity contribution in [3.8, 4) is 0 Å². The minimum atomic E-state index is -0.238. The summed E-state index contributed by atoms with van der Waals surface area (Å²) in [6.07, 6.45) is 5.74. The molecule has 158 valence electrons. The second kappa shape index (κ2) is 8.60. The third kappa shape index (κ3) is 4.26. The molecular formula is C25H32N4O. The van der Waals surface area contributed by atoms with Crippen molar-refractivity contribution in [2.75, 3.05) is 0 Å². The fraction of sp³-hybridized carbons (Fsp3) is 0.440. The average molecular weight is 405 g/mol. The van der Waals surface area contributed by atoms with E-state index in [1.807, 2.05) is 32.2 Å². The van der Waals surface area contributed by atoms with Gasteiger partial charge >= 0.3 is 0 Å². The lowest BCUT2D eigenvalue weighted by molar-refractivity contribution is -0.123. The predicted octanol–water partition coefficient (Wildman–Crippen LogP) is 4.21. The number of nitrogens with zero attached hydrogens (tertiary/aromatic N) is 2. The molecule has 0 bridgehead atoms. The van der Waals surface area contributed by atoms with Gasteiger partial charge in [0, 0.05) is 35.4 Å². The second-order valence-electron chi connectivity index (χ2n) is 9.11. The summed E-state index contributed by atoms with van der Waals surface area (Å²) >= 11 is 0. The SMILES string of the molecule is CC(C)CC1NC(C(=O)NC(C)C)Cc2cn(Cc3ccccn3)c3cccc1c23. The molecule has 30 heavy (non-hydrogen) atoms. The normalized spacial score (nSPS) is 18.7. The van der Waals surface area contributed by atoms with Crippen LogP contribution in [0.2, 0.25) is 0 Å². The molecule has 3 aromatic rings. The minimum Gasteiger partial charge on any atom is -0.353 e. The number of hydrogen-bond donors (Lipinski definition) is 2. The summed E-state index contributed by atoms with van der Waals surface area (Å²) in [7, 11) is 0. The average Bonchev–Trinajstić information content (AvgIpc) is 2.95. The number of pyridine rings is 1. The fourth-order valence-electron chi connectivity index (χ4n) is 4.54. The molecule has 1 amide bonds. The van der Waals surface area contributed by atoms with Crippen molar-refractivity contribution >= 4 is 16.8 Å². The number of hydrogen-bond acceptors (Lipinski definition) is 3. The standard InChI is InChI=1S/C25H32N4O/c1-16(2)12-21-20-9-7-10-23-24(20)18(13-22(28-21)25(30)27-17(3)4)14-29(23)15-19-8-5-6-11-26-19/h5-11,14,16-17,21-22,28H,12-13,15H2,1-4H3,(H,27,30). The van der Waals surface area contributed by atoms with E-state index in [9.17, 15) is 4.79 Å². The topological polar surface area (TPSA) is 59.0 Å². The number of rotatable bonds is 6. The Labute approximate surface area is 178 Å². The van der Waals surface area contributed by atoms with E-state index in [4.69, 9.17) is 0 Å². The van der Waals surface area contributed by atoms with Crippen molar-refractivity contribution in [1.29, 1.82) is 0 Å². The van der Waals surface area contributed by atoms with Gasteiger partial charge in [0.15, 0.2) is 0 Å². The van der Waals surface area contributed by atoms with E-state index in [2.05, 4.69) is 64.5 Å². The molecular weight excluding hydrogens is 372 g/mol. The lowest BCUT2D eigenvalue weighted by Crippen LogP contribution is -2.48. The molecule has 2 unspecified atom stereocenters. The number of nitrogens with one attached hydrogen (secondary N) is 2. The largest absolute Gasteiger partial charge is 0.353 e. The first kappa shape index (κ1) is 20.6. The van der Waals surface area contributed by atoms with Crippen molar-refractivity contribution < 1.29 is 4.79 Å². The maximum atomic E-state index is 13.0. The molecule has 3 heterocycles. The zero-order chi connectivity index (χ0) is 21.3. The third-order valence-electron chi connectivity index (χ3n) is 5.73. The van der Waals surface area contributed by atoms with E-state index in [1.54, 1.807) is 0 Å². The first-order valence-electron chi connectivity index (χ1n) is 11.0. The number of amides is 1. The van der Waals surface area contributed by atoms with Gasteiger partial charge in [-0.3, -0.25) is 15.1 Å². The number of benzene rings is 1. The van der Waals surface area contributed by atoms with Gasteiger partial charge in [0.05, 0.1) is 18.3 Å². The van der Waals surface area contributed by atoms with E-state index in [1.165, 1.54) is 22.0 Å². The molecule has 1 aliphatic rings. The van der Waals surface area contributed by atoms with Crippen LogP contribution in [0.5, 0.6) is 0 Å². The number of carbonyl (C=O) groups excluding carboxylic acids is 1. The minimum absolute atomic E-state index is 0.0807. The van der Waals surface area contributed by atoms with Crippen molar-refractivity contribution in [3.05, 3.63) is 65.6 Å². The van der Waals surface area contributed by atoms with E-state index < -0.39 is 0 Å². The fourth-order valence-corrected chi connectivity index (χ4v) is 4.54. The van der Waals surface area contributed by atoms with E-state index in [0.717, 1.165) is 18.7 Å². The van der Waals surface area contributed by atoms with Gasteiger partial charge in [0.25, 0.3) is 0 Å². The van der Waals surface area contributed by atoms with Gasteiger partial charge in [0.2, 0.25) is 5.91 Å². The highest BCUT2D eigenvalue weighted by Gasteiger charge is 2.31. The summed E-state index contributed by atoms with van der Waals surface area (Å²) in [5.41, 5.74) is 4.79. The maximum Gasteiger partial charge on any atom is 0.237 e. The van der Waals surface area contributed by atoms with Crippen LogP contribution in [0.1, 0.15) is 57.0 Å². The van der Waals surface area contributed by atoms with E-state index in [0.29, 0.717) is 12.3 Å². The molecule has 5 heteroatoms. The van der Waals surface area contributed by atoms with Crippen molar-refractivity contribution in [2.24, 2.45) is 5.92 Å². The van der Waals surface area contributed by atoms with Gasteiger partial charge < -0.3 is 9.88 Å². The Kier molecular flexibility index (Phi) is 5.91. The van der Waals surface area contributed by atoms with Crippen LogP contribution in [0.25, 0.3) is 10.9 Å². The maximum absolute atomic E-state index is 13.0. The van der Waals surface area contributed by atoms with Crippen LogP contribution in [0.3, 0.4) is 0 Å². The molecule has 0 radical (unpaired) electrons. The first-order valence-corrected chi connectivity index (χ1v) is 11.0. The summed E-state index contributed by atoms with van der Waals surface area (Å²) in [4.78, 5) is 17.5. The Hall–Kier alpha value is -2.66. The van der Waals surface area contributed by atoms with Crippen LogP contribution in [0.4, 0.5) is 0 Å². The number of carbonyl (C=O) groups is 1.